The zero-order chi connectivity index (χ0) is 13.1. The van der Waals surface area contributed by atoms with E-state index in [9.17, 15) is 9.59 Å². The molecule has 0 aromatic heterocycles. The van der Waals surface area contributed by atoms with Crippen LogP contribution in [0.15, 0.2) is 0 Å². The van der Waals surface area contributed by atoms with Crippen molar-refractivity contribution in [1.29, 1.82) is 0 Å². The molecule has 6 heteroatoms. The lowest BCUT2D eigenvalue weighted by Gasteiger charge is -2.14. The minimum absolute atomic E-state index is 0.0689. The molecule has 0 heterocycles. The number of rotatable bonds is 7. The topological polar surface area (TPSA) is 79.5 Å². The molecule has 0 fully saturated rings. The van der Waals surface area contributed by atoms with E-state index in [1.807, 2.05) is 20.8 Å². The molecule has 0 rings (SSSR count). The third kappa shape index (κ3) is 9.47. The minimum Gasteiger partial charge on any atom is -0.450 e. The summed E-state index contributed by atoms with van der Waals surface area (Å²) < 4.78 is 4.91. The summed E-state index contributed by atoms with van der Waals surface area (Å²) in [4.78, 5) is 22.1. The summed E-state index contributed by atoms with van der Waals surface area (Å²) in [6.45, 7) is 7.16. The predicted octanol–water partition coefficient (Wildman–Crippen LogP) is 1.22. The van der Waals surface area contributed by atoms with Gasteiger partial charge in [-0.15, -0.1) is 0 Å². The number of carbonyl (C=O) groups excluding carboxylic acids is 2. The lowest BCUT2D eigenvalue weighted by atomic mass is 10.2. The molecular formula is C11H23N3O3. The standard InChI is InChI=1S/C11H23N3O3/c1-4-12-10(15)14-9(3)7-6-8-17-11(16)13-5-2/h9H,4-8H2,1-3H3,(H,13,16)(H2,12,14,15). The van der Waals surface area contributed by atoms with E-state index in [0.29, 0.717) is 19.7 Å². The Kier molecular flexibility index (Phi) is 8.91. The average Bonchev–Trinajstić information content (AvgIpc) is 2.25. The van der Waals surface area contributed by atoms with Crippen molar-refractivity contribution in [3.8, 4) is 0 Å². The van der Waals surface area contributed by atoms with Gasteiger partial charge < -0.3 is 20.7 Å². The van der Waals surface area contributed by atoms with E-state index in [2.05, 4.69) is 16.0 Å². The molecule has 0 aromatic carbocycles. The van der Waals surface area contributed by atoms with Crippen LogP contribution in [0.1, 0.15) is 33.6 Å². The van der Waals surface area contributed by atoms with Crippen LogP contribution in [0.25, 0.3) is 0 Å². The lowest BCUT2D eigenvalue weighted by Crippen LogP contribution is -2.40. The van der Waals surface area contributed by atoms with Crippen molar-refractivity contribution in [2.75, 3.05) is 19.7 Å². The van der Waals surface area contributed by atoms with Crippen LogP contribution < -0.4 is 16.0 Å². The molecule has 0 aliphatic rings. The van der Waals surface area contributed by atoms with Gasteiger partial charge in [0, 0.05) is 19.1 Å². The summed E-state index contributed by atoms with van der Waals surface area (Å²) >= 11 is 0. The third-order valence-corrected chi connectivity index (χ3v) is 2.05. The summed E-state index contributed by atoms with van der Waals surface area (Å²) in [5, 5.41) is 7.99. The van der Waals surface area contributed by atoms with Crippen molar-refractivity contribution in [1.82, 2.24) is 16.0 Å². The van der Waals surface area contributed by atoms with Gasteiger partial charge in [-0.05, 0) is 33.6 Å². The fraction of sp³-hybridized carbons (Fsp3) is 0.818. The van der Waals surface area contributed by atoms with E-state index in [4.69, 9.17) is 4.74 Å². The summed E-state index contributed by atoms with van der Waals surface area (Å²) in [6, 6.07) is -0.0935. The molecule has 0 aliphatic heterocycles. The molecule has 100 valence electrons. The highest BCUT2D eigenvalue weighted by Gasteiger charge is 2.06. The zero-order valence-electron chi connectivity index (χ0n) is 10.8. The van der Waals surface area contributed by atoms with E-state index in [-0.39, 0.29) is 12.1 Å². The lowest BCUT2D eigenvalue weighted by molar-refractivity contribution is 0.143. The monoisotopic (exact) mass is 245 g/mol. The van der Waals surface area contributed by atoms with Crippen LogP contribution in [-0.4, -0.2) is 37.9 Å². The Bertz CT molecular complexity index is 234. The molecule has 0 radical (unpaired) electrons. The first-order chi connectivity index (χ1) is 8.10. The molecule has 1 unspecified atom stereocenters. The van der Waals surface area contributed by atoms with Gasteiger partial charge in [-0.2, -0.15) is 0 Å². The highest BCUT2D eigenvalue weighted by molar-refractivity contribution is 5.74. The maximum Gasteiger partial charge on any atom is 0.407 e. The summed E-state index contributed by atoms with van der Waals surface area (Å²) in [5.74, 6) is 0. The predicted molar refractivity (Wildman–Crippen MR) is 65.9 cm³/mol. The van der Waals surface area contributed by atoms with E-state index in [1.54, 1.807) is 0 Å². The molecule has 3 N–H and O–H groups in total. The normalized spacial score (nSPS) is 11.5. The first-order valence-corrected chi connectivity index (χ1v) is 6.05. The molecule has 6 nitrogen and oxygen atoms in total. The number of hydrogen-bond donors (Lipinski definition) is 3. The van der Waals surface area contributed by atoms with Gasteiger partial charge in [0.15, 0.2) is 0 Å². The molecule has 0 aliphatic carbocycles. The highest BCUT2D eigenvalue weighted by Crippen LogP contribution is 1.97. The Labute approximate surface area is 102 Å². The summed E-state index contributed by atoms with van der Waals surface area (Å²) in [6.07, 6.45) is 1.11. The van der Waals surface area contributed by atoms with Gasteiger partial charge in [-0.25, -0.2) is 9.59 Å². The van der Waals surface area contributed by atoms with Gasteiger partial charge >= 0.3 is 12.1 Å². The molecule has 17 heavy (non-hydrogen) atoms. The molecule has 0 aromatic rings. The molecule has 0 bridgehead atoms. The maximum atomic E-state index is 11.2. The quantitative estimate of drug-likeness (QED) is 0.590. The van der Waals surface area contributed by atoms with Gasteiger partial charge in [-0.3, -0.25) is 0 Å². The van der Waals surface area contributed by atoms with Crippen LogP contribution in [0.3, 0.4) is 0 Å². The second-order valence-electron chi connectivity index (χ2n) is 3.71. The van der Waals surface area contributed by atoms with Gasteiger partial charge in [-0.1, -0.05) is 0 Å². The highest BCUT2D eigenvalue weighted by atomic mass is 16.5. The van der Waals surface area contributed by atoms with Gasteiger partial charge in [0.05, 0.1) is 6.61 Å². The van der Waals surface area contributed by atoms with Crippen LogP contribution in [-0.2, 0) is 4.74 Å². The maximum absolute atomic E-state index is 11.2. The van der Waals surface area contributed by atoms with Crippen molar-refractivity contribution in [2.24, 2.45) is 0 Å². The van der Waals surface area contributed by atoms with E-state index < -0.39 is 6.09 Å². The van der Waals surface area contributed by atoms with Crippen LogP contribution in [0.2, 0.25) is 0 Å². The van der Waals surface area contributed by atoms with Crippen molar-refractivity contribution < 1.29 is 14.3 Å². The van der Waals surface area contributed by atoms with Crippen molar-refractivity contribution >= 4 is 12.1 Å². The van der Waals surface area contributed by atoms with E-state index >= 15 is 0 Å². The number of nitrogens with one attached hydrogen (secondary N) is 3. The Morgan fingerprint density at radius 2 is 1.82 bits per heavy atom. The molecule has 0 saturated heterocycles. The number of urea groups is 1. The molecule has 0 saturated carbocycles. The average molecular weight is 245 g/mol. The Hall–Kier alpha value is -1.46. The number of alkyl carbamates (subject to hydrolysis) is 1. The SMILES string of the molecule is CCNC(=O)NC(C)CCCOC(=O)NCC. The summed E-state index contributed by atoms with van der Waals surface area (Å²) in [5.41, 5.74) is 0. The molecular weight excluding hydrogens is 222 g/mol. The fourth-order valence-corrected chi connectivity index (χ4v) is 1.26. The van der Waals surface area contributed by atoms with Gasteiger partial charge in [0.2, 0.25) is 0 Å². The first kappa shape index (κ1) is 15.5. The Morgan fingerprint density at radius 1 is 1.18 bits per heavy atom. The first-order valence-electron chi connectivity index (χ1n) is 6.05. The van der Waals surface area contributed by atoms with Gasteiger partial charge in [0.1, 0.15) is 0 Å². The van der Waals surface area contributed by atoms with E-state index in [0.717, 1.165) is 12.8 Å². The smallest absolute Gasteiger partial charge is 0.407 e. The molecule has 0 spiro atoms. The second-order valence-corrected chi connectivity index (χ2v) is 3.71. The van der Waals surface area contributed by atoms with Crippen LogP contribution in [0.5, 0.6) is 0 Å². The number of hydrogen-bond acceptors (Lipinski definition) is 3. The Morgan fingerprint density at radius 3 is 2.41 bits per heavy atom. The van der Waals surface area contributed by atoms with Gasteiger partial charge in [0.25, 0.3) is 0 Å². The third-order valence-electron chi connectivity index (χ3n) is 2.05. The van der Waals surface area contributed by atoms with Crippen molar-refractivity contribution in [3.63, 3.8) is 0 Å². The molecule has 3 amide bonds. The minimum atomic E-state index is -0.392. The fourth-order valence-electron chi connectivity index (χ4n) is 1.26. The van der Waals surface area contributed by atoms with Crippen LogP contribution in [0.4, 0.5) is 9.59 Å². The van der Waals surface area contributed by atoms with Crippen LogP contribution in [0, 0.1) is 0 Å². The summed E-state index contributed by atoms with van der Waals surface area (Å²) in [7, 11) is 0. The van der Waals surface area contributed by atoms with Crippen molar-refractivity contribution in [2.45, 2.75) is 39.7 Å². The number of amides is 3. The largest absolute Gasteiger partial charge is 0.450 e. The zero-order valence-corrected chi connectivity index (χ0v) is 10.8. The van der Waals surface area contributed by atoms with Crippen molar-refractivity contribution in [3.05, 3.63) is 0 Å². The molecule has 1 atom stereocenters. The Balaban J connectivity index is 3.47. The number of carbonyl (C=O) groups is 2. The number of ether oxygens (including phenoxy) is 1. The van der Waals surface area contributed by atoms with E-state index in [1.165, 1.54) is 0 Å². The van der Waals surface area contributed by atoms with Crippen LogP contribution >= 0.6 is 0 Å². The second kappa shape index (κ2) is 9.74.